The van der Waals surface area contributed by atoms with Crippen LogP contribution in [0.4, 0.5) is 0 Å². The lowest BCUT2D eigenvalue weighted by molar-refractivity contribution is -0.141. The van der Waals surface area contributed by atoms with Crippen molar-refractivity contribution in [3.63, 3.8) is 0 Å². The van der Waals surface area contributed by atoms with Gasteiger partial charge >= 0.3 is 5.97 Å². The van der Waals surface area contributed by atoms with Gasteiger partial charge in [0, 0.05) is 7.11 Å². The van der Waals surface area contributed by atoms with Gasteiger partial charge in [-0.1, -0.05) is 56.8 Å². The highest BCUT2D eigenvalue weighted by Crippen LogP contribution is 2.43. The lowest BCUT2D eigenvalue weighted by atomic mass is 9.85. The van der Waals surface area contributed by atoms with E-state index in [4.69, 9.17) is 9.47 Å². The number of thioether (sulfide) groups is 1. The zero-order chi connectivity index (χ0) is 21.3. The normalized spacial score (nSPS) is 21.9. The van der Waals surface area contributed by atoms with Gasteiger partial charge in [-0.2, -0.15) is 0 Å². The number of esters is 1. The van der Waals surface area contributed by atoms with Crippen LogP contribution in [0.15, 0.2) is 40.5 Å². The molecule has 2 heterocycles. The Morgan fingerprint density at radius 2 is 1.86 bits per heavy atom. The number of nitrogens with zero attached hydrogens (tertiary/aromatic N) is 2. The number of aliphatic imine (C=N–C) groups is 1. The second-order valence-corrected chi connectivity index (χ2v) is 9.57. The van der Waals surface area contributed by atoms with Crippen molar-refractivity contribution in [1.82, 2.24) is 4.90 Å². The first kappa shape index (κ1) is 21.6. The first-order valence-corrected chi connectivity index (χ1v) is 10.6. The van der Waals surface area contributed by atoms with Crippen LogP contribution in [-0.2, 0) is 24.5 Å². The minimum absolute atomic E-state index is 0.0131. The third-order valence-corrected chi connectivity index (χ3v) is 6.15. The molecule has 7 heteroatoms. The number of benzene rings is 1. The molecule has 0 unspecified atom stereocenters. The number of amides is 1. The molecule has 6 nitrogen and oxygen atoms in total. The summed E-state index contributed by atoms with van der Waals surface area (Å²) in [6.45, 7) is 10.6. The topological polar surface area (TPSA) is 68.2 Å². The van der Waals surface area contributed by atoms with Crippen LogP contribution < -0.4 is 0 Å². The lowest BCUT2D eigenvalue weighted by Gasteiger charge is -2.33. The van der Waals surface area contributed by atoms with Crippen LogP contribution in [0.25, 0.3) is 0 Å². The molecule has 0 aromatic heterocycles. The van der Waals surface area contributed by atoms with Gasteiger partial charge in [0.05, 0.1) is 29.2 Å². The lowest BCUT2D eigenvalue weighted by Crippen LogP contribution is -2.40. The van der Waals surface area contributed by atoms with Gasteiger partial charge in [0.2, 0.25) is 5.91 Å². The molecule has 1 amide bonds. The van der Waals surface area contributed by atoms with Gasteiger partial charge in [0.1, 0.15) is 6.61 Å². The second kappa shape index (κ2) is 8.32. The summed E-state index contributed by atoms with van der Waals surface area (Å²) in [6, 6.07) is 7.55. The van der Waals surface area contributed by atoms with Crippen molar-refractivity contribution in [3.8, 4) is 0 Å². The van der Waals surface area contributed by atoms with Gasteiger partial charge in [-0.25, -0.2) is 9.79 Å². The average Bonchev–Trinajstić information content (AvgIpc) is 2.93. The van der Waals surface area contributed by atoms with E-state index in [-0.39, 0.29) is 23.2 Å². The number of hydrogen-bond donors (Lipinski definition) is 0. The van der Waals surface area contributed by atoms with E-state index in [1.807, 2.05) is 19.1 Å². The van der Waals surface area contributed by atoms with Gasteiger partial charge < -0.3 is 9.47 Å². The van der Waals surface area contributed by atoms with E-state index in [0.29, 0.717) is 23.0 Å². The molecule has 1 fully saturated rings. The number of fused-ring (bicyclic) bond motifs is 1. The molecule has 3 rings (SSSR count). The van der Waals surface area contributed by atoms with Gasteiger partial charge in [-0.05, 0) is 30.4 Å². The quantitative estimate of drug-likeness (QED) is 0.539. The number of hydrogen-bond acceptors (Lipinski definition) is 6. The number of carbonyl (C=O) groups is 2. The van der Waals surface area contributed by atoms with E-state index in [9.17, 15) is 9.59 Å². The fourth-order valence-electron chi connectivity index (χ4n) is 3.44. The van der Waals surface area contributed by atoms with Crippen molar-refractivity contribution in [3.05, 3.63) is 46.7 Å². The summed E-state index contributed by atoms with van der Waals surface area (Å²) in [6.07, 6.45) is 0. The predicted octanol–water partition coefficient (Wildman–Crippen LogP) is 3.82. The molecule has 0 spiro atoms. The summed E-state index contributed by atoms with van der Waals surface area (Å²) in [5.74, 6) is -0.516. The monoisotopic (exact) mass is 416 g/mol. The van der Waals surface area contributed by atoms with Crippen LogP contribution in [0.1, 0.15) is 51.8 Å². The number of methoxy groups -OCH3 is 1. The maximum Gasteiger partial charge on any atom is 0.338 e. The Bertz CT molecular complexity index is 868. The van der Waals surface area contributed by atoms with Gasteiger partial charge in [0.15, 0.2) is 5.17 Å². The number of rotatable bonds is 5. The van der Waals surface area contributed by atoms with E-state index in [1.165, 1.54) is 17.3 Å². The molecule has 29 heavy (non-hydrogen) atoms. The van der Waals surface area contributed by atoms with Crippen molar-refractivity contribution in [2.24, 2.45) is 4.99 Å². The molecular formula is C22H28N2O4S. The highest BCUT2D eigenvalue weighted by atomic mass is 32.2. The van der Waals surface area contributed by atoms with Crippen molar-refractivity contribution >= 4 is 28.8 Å². The summed E-state index contributed by atoms with van der Waals surface area (Å²) >= 11 is 1.42. The molecule has 0 bridgehead atoms. The van der Waals surface area contributed by atoms with Crippen LogP contribution in [0.5, 0.6) is 0 Å². The van der Waals surface area contributed by atoms with Crippen LogP contribution in [-0.4, -0.2) is 47.5 Å². The molecule has 0 aliphatic carbocycles. The zero-order valence-electron chi connectivity index (χ0n) is 17.8. The fraction of sp³-hybridized carbons (Fsp3) is 0.500. The van der Waals surface area contributed by atoms with Crippen LogP contribution >= 0.6 is 11.8 Å². The summed E-state index contributed by atoms with van der Waals surface area (Å²) in [7, 11) is 1.55. The molecule has 2 atom stereocenters. The van der Waals surface area contributed by atoms with E-state index in [1.54, 1.807) is 18.9 Å². The van der Waals surface area contributed by atoms with Crippen molar-refractivity contribution in [1.29, 1.82) is 0 Å². The summed E-state index contributed by atoms with van der Waals surface area (Å²) in [5.41, 5.74) is 3.05. The molecule has 156 valence electrons. The minimum atomic E-state index is -0.545. The maximum absolute atomic E-state index is 12.9. The molecule has 2 aliphatic heterocycles. The summed E-state index contributed by atoms with van der Waals surface area (Å²) < 4.78 is 10.4. The Kier molecular flexibility index (Phi) is 6.19. The highest BCUT2D eigenvalue weighted by Gasteiger charge is 2.46. The Hall–Kier alpha value is -2.12. The molecule has 0 radical (unpaired) electrons. The molecule has 1 saturated heterocycles. The highest BCUT2D eigenvalue weighted by molar-refractivity contribution is 8.15. The van der Waals surface area contributed by atoms with Crippen LogP contribution in [0.3, 0.4) is 0 Å². The smallest absolute Gasteiger partial charge is 0.338 e. The molecule has 2 aliphatic rings. The van der Waals surface area contributed by atoms with E-state index < -0.39 is 12.0 Å². The van der Waals surface area contributed by atoms with Gasteiger partial charge in [-0.15, -0.1) is 0 Å². The third-order valence-electron chi connectivity index (χ3n) is 5.09. The van der Waals surface area contributed by atoms with Gasteiger partial charge in [0.25, 0.3) is 0 Å². The van der Waals surface area contributed by atoms with E-state index in [0.717, 1.165) is 5.56 Å². The first-order chi connectivity index (χ1) is 13.6. The molecular weight excluding hydrogens is 388 g/mol. The molecule has 1 aromatic rings. The van der Waals surface area contributed by atoms with Crippen molar-refractivity contribution < 1.29 is 19.1 Å². The minimum Gasteiger partial charge on any atom is -0.460 e. The standard InChI is InChI=1S/C22H28N2O4S/c1-13-17(20(26)28-12-11-27-6)18(24-19(25)14(2)29-21(24)23-13)15-7-9-16(10-8-15)22(3,4)5/h7-10,14,18H,11-12H2,1-6H3/t14-,18+/m0/s1. The van der Waals surface area contributed by atoms with Crippen molar-refractivity contribution in [2.45, 2.75) is 51.3 Å². The van der Waals surface area contributed by atoms with Gasteiger partial charge in [-0.3, -0.25) is 9.69 Å². The fourth-order valence-corrected chi connectivity index (χ4v) is 4.47. The zero-order valence-corrected chi connectivity index (χ0v) is 18.6. The average molecular weight is 417 g/mol. The third kappa shape index (κ3) is 4.26. The summed E-state index contributed by atoms with van der Waals surface area (Å²) in [4.78, 5) is 32.0. The summed E-state index contributed by atoms with van der Waals surface area (Å²) in [5, 5.41) is 0.403. The Morgan fingerprint density at radius 3 is 2.45 bits per heavy atom. The van der Waals surface area contributed by atoms with Crippen LogP contribution in [0.2, 0.25) is 0 Å². The predicted molar refractivity (Wildman–Crippen MR) is 115 cm³/mol. The van der Waals surface area contributed by atoms with E-state index >= 15 is 0 Å². The number of allylic oxidation sites excluding steroid dienone is 1. The van der Waals surface area contributed by atoms with E-state index in [2.05, 4.69) is 37.9 Å². The Balaban J connectivity index is 2.04. The largest absolute Gasteiger partial charge is 0.460 e. The molecule has 1 aromatic carbocycles. The SMILES string of the molecule is COCCOC(=O)C1=C(C)N=C2S[C@@H](C)C(=O)N2[C@@H]1c1ccc(C(C)(C)C)cc1. The maximum atomic E-state index is 12.9. The number of carbonyl (C=O) groups excluding carboxylic acids is 2. The first-order valence-electron chi connectivity index (χ1n) is 9.71. The van der Waals surface area contributed by atoms with Crippen LogP contribution in [0, 0.1) is 0 Å². The molecule has 0 saturated carbocycles. The Morgan fingerprint density at radius 1 is 1.21 bits per heavy atom. The second-order valence-electron chi connectivity index (χ2n) is 8.27. The van der Waals surface area contributed by atoms with Crippen molar-refractivity contribution in [2.75, 3.05) is 20.3 Å². The Labute approximate surface area is 176 Å². The number of ether oxygens (including phenoxy) is 2. The molecule has 0 N–H and O–H groups in total. The number of amidine groups is 1.